The van der Waals surface area contributed by atoms with Crippen LogP contribution in [0.5, 0.6) is 0 Å². The molecule has 0 N–H and O–H groups in total. The van der Waals surface area contributed by atoms with E-state index in [0.717, 1.165) is 32.4 Å². The van der Waals surface area contributed by atoms with E-state index in [2.05, 4.69) is 135 Å². The molecule has 2 aromatic carbocycles. The Hall–Kier alpha value is -3.52. The van der Waals surface area contributed by atoms with Gasteiger partial charge in [-0.1, -0.05) is 113 Å². The lowest BCUT2D eigenvalue weighted by Crippen LogP contribution is -2.54. The van der Waals surface area contributed by atoms with Crippen molar-refractivity contribution >= 4 is 11.3 Å². The molecule has 0 aromatic heterocycles. The molecule has 3 aliphatic heterocycles. The molecule has 2 nitrogen and oxygen atoms in total. The van der Waals surface area contributed by atoms with Gasteiger partial charge in [-0.3, -0.25) is 0 Å². The number of fused-ring (bicyclic) bond motifs is 3. The van der Waals surface area contributed by atoms with Gasteiger partial charge in [0.2, 0.25) is 0 Å². The zero-order chi connectivity index (χ0) is 27.2. The fraction of sp³-hybridized carbons (Fsp3) is 0.351. The average Bonchev–Trinajstić information content (AvgIpc) is 3.21. The van der Waals surface area contributed by atoms with Crippen molar-refractivity contribution in [1.29, 1.82) is 0 Å². The van der Waals surface area contributed by atoms with Crippen LogP contribution in [0.25, 0.3) is 11.3 Å². The Balaban J connectivity index is 1.48. The van der Waals surface area contributed by atoms with Gasteiger partial charge < -0.3 is 9.80 Å². The summed E-state index contributed by atoms with van der Waals surface area (Å²) in [6.45, 7) is 13.7. The third kappa shape index (κ3) is 4.44. The van der Waals surface area contributed by atoms with E-state index in [9.17, 15) is 0 Å². The molecule has 0 fully saturated rings. The second-order valence-corrected chi connectivity index (χ2v) is 12.6. The van der Waals surface area contributed by atoms with E-state index in [1.54, 1.807) is 0 Å². The molecule has 39 heavy (non-hydrogen) atoms. The first-order valence-corrected chi connectivity index (χ1v) is 14.7. The first kappa shape index (κ1) is 25.7. The average molecular weight is 515 g/mol. The summed E-state index contributed by atoms with van der Waals surface area (Å²) < 4.78 is 0. The highest BCUT2D eigenvalue weighted by molar-refractivity contribution is 5.78. The van der Waals surface area contributed by atoms with Crippen molar-refractivity contribution in [3.63, 3.8) is 0 Å². The summed E-state index contributed by atoms with van der Waals surface area (Å²) in [6, 6.07) is 20.0. The highest BCUT2D eigenvalue weighted by atomic mass is 15.4. The molecule has 0 amide bonds. The summed E-state index contributed by atoms with van der Waals surface area (Å²) in [5, 5.41) is 0. The van der Waals surface area contributed by atoms with Gasteiger partial charge >= 0.3 is 0 Å². The van der Waals surface area contributed by atoms with Crippen molar-refractivity contribution in [3.05, 3.63) is 130 Å². The zero-order valence-corrected chi connectivity index (χ0v) is 24.3. The predicted octanol–water partition coefficient (Wildman–Crippen LogP) is 9.23. The number of rotatable bonds is 5. The number of hydrogen-bond donors (Lipinski definition) is 0. The number of benzene rings is 2. The lowest BCUT2D eigenvalue weighted by atomic mass is 9.81. The number of allylic oxidation sites excluding steroid dienone is 8. The highest BCUT2D eigenvalue weighted by Crippen LogP contribution is 2.52. The highest BCUT2D eigenvalue weighted by Gasteiger charge is 2.50. The van der Waals surface area contributed by atoms with E-state index in [1.165, 1.54) is 56.8 Å². The summed E-state index contributed by atoms with van der Waals surface area (Å²) >= 11 is 0. The quantitative estimate of drug-likeness (QED) is 0.392. The molecule has 0 unspecified atom stereocenters. The minimum atomic E-state index is -0.268. The topological polar surface area (TPSA) is 6.48 Å². The van der Waals surface area contributed by atoms with Gasteiger partial charge in [-0.15, -0.1) is 0 Å². The molecule has 6 rings (SSSR count). The van der Waals surface area contributed by atoms with Crippen LogP contribution in [0.2, 0.25) is 0 Å². The fourth-order valence-electron chi connectivity index (χ4n) is 6.80. The van der Waals surface area contributed by atoms with Gasteiger partial charge in [0.1, 0.15) is 5.66 Å². The summed E-state index contributed by atoms with van der Waals surface area (Å²) in [4.78, 5) is 5.39. The molecular weight excluding hydrogens is 472 g/mol. The van der Waals surface area contributed by atoms with Crippen molar-refractivity contribution in [3.8, 4) is 0 Å². The van der Waals surface area contributed by atoms with Gasteiger partial charge in [-0.2, -0.15) is 0 Å². The number of hydrogen-bond acceptors (Lipinski definition) is 2. The first-order valence-electron chi connectivity index (χ1n) is 14.7. The largest absolute Gasteiger partial charge is 0.341 e. The standard InChI is InChI=1S/C37H42N2/c1-6-13-27-20-21-34-32-18-10-11-19-33(32)37(5,39(34)26-27)38-23-22-31(36(2,3)4)25-35(38)30-17-12-16-29(24-30)28-14-8-7-9-15-28/h7-11,14-16,18-22,24-25H,6,12-13,17,23,26H2,1-5H3/t37-/m0/s1. The van der Waals surface area contributed by atoms with E-state index in [1.807, 2.05) is 0 Å². The Morgan fingerprint density at radius 2 is 1.62 bits per heavy atom. The van der Waals surface area contributed by atoms with Crippen LogP contribution < -0.4 is 0 Å². The van der Waals surface area contributed by atoms with Crippen LogP contribution in [0.3, 0.4) is 0 Å². The van der Waals surface area contributed by atoms with Crippen molar-refractivity contribution in [2.45, 2.75) is 66.0 Å². The maximum absolute atomic E-state index is 2.70. The van der Waals surface area contributed by atoms with Crippen molar-refractivity contribution in [1.82, 2.24) is 9.80 Å². The van der Waals surface area contributed by atoms with Gasteiger partial charge in [0.05, 0.1) is 0 Å². The third-order valence-electron chi connectivity index (χ3n) is 8.95. The normalized spacial score (nSPS) is 22.7. The smallest absolute Gasteiger partial charge is 0.138 e. The fourth-order valence-corrected chi connectivity index (χ4v) is 6.80. The molecule has 0 spiro atoms. The Kier molecular flexibility index (Phi) is 6.53. The predicted molar refractivity (Wildman–Crippen MR) is 166 cm³/mol. The van der Waals surface area contributed by atoms with Gasteiger partial charge in [-0.25, -0.2) is 0 Å². The molecule has 200 valence electrons. The lowest BCUT2D eigenvalue weighted by Gasteiger charge is -2.51. The van der Waals surface area contributed by atoms with Crippen LogP contribution in [0.1, 0.15) is 77.0 Å². The first-order chi connectivity index (χ1) is 18.8. The molecular formula is C37H42N2. The number of nitrogens with zero attached hydrogens (tertiary/aromatic N) is 2. The zero-order valence-electron chi connectivity index (χ0n) is 24.3. The molecule has 1 atom stereocenters. The van der Waals surface area contributed by atoms with Gasteiger partial charge in [0, 0.05) is 35.6 Å². The van der Waals surface area contributed by atoms with Crippen LogP contribution in [-0.2, 0) is 5.66 Å². The van der Waals surface area contributed by atoms with Crippen molar-refractivity contribution in [2.75, 3.05) is 13.1 Å². The van der Waals surface area contributed by atoms with E-state index < -0.39 is 0 Å². The molecule has 0 saturated carbocycles. The van der Waals surface area contributed by atoms with E-state index >= 15 is 0 Å². The van der Waals surface area contributed by atoms with E-state index in [4.69, 9.17) is 0 Å². The van der Waals surface area contributed by atoms with Crippen LogP contribution in [-0.4, -0.2) is 22.9 Å². The molecule has 2 aromatic rings. The Labute approximate surface area is 235 Å². The Morgan fingerprint density at radius 1 is 0.846 bits per heavy atom. The molecule has 1 aliphatic carbocycles. The molecule has 2 heteroatoms. The van der Waals surface area contributed by atoms with Crippen LogP contribution in [0.4, 0.5) is 0 Å². The summed E-state index contributed by atoms with van der Waals surface area (Å²) in [7, 11) is 0. The molecule has 4 aliphatic rings. The monoisotopic (exact) mass is 514 g/mol. The Morgan fingerprint density at radius 3 is 2.38 bits per heavy atom. The molecule has 0 bridgehead atoms. The second-order valence-electron chi connectivity index (χ2n) is 12.6. The van der Waals surface area contributed by atoms with Crippen LogP contribution in [0, 0.1) is 5.41 Å². The van der Waals surface area contributed by atoms with Gasteiger partial charge in [-0.05, 0) is 72.1 Å². The van der Waals surface area contributed by atoms with Crippen LogP contribution >= 0.6 is 0 Å². The second kappa shape index (κ2) is 9.90. The lowest BCUT2D eigenvalue weighted by molar-refractivity contribution is 0.0338. The molecule has 3 heterocycles. The van der Waals surface area contributed by atoms with Gasteiger partial charge in [0.25, 0.3) is 0 Å². The molecule has 0 saturated heterocycles. The minimum absolute atomic E-state index is 0.104. The van der Waals surface area contributed by atoms with E-state index in [0.29, 0.717) is 0 Å². The van der Waals surface area contributed by atoms with E-state index in [-0.39, 0.29) is 11.1 Å². The van der Waals surface area contributed by atoms with Gasteiger partial charge in [0.15, 0.2) is 0 Å². The van der Waals surface area contributed by atoms with Crippen molar-refractivity contribution in [2.24, 2.45) is 5.41 Å². The summed E-state index contributed by atoms with van der Waals surface area (Å²) in [6.07, 6.45) is 19.1. The summed E-state index contributed by atoms with van der Waals surface area (Å²) in [5.41, 5.74) is 12.4. The SMILES string of the molecule is CCCC1=CC=C2c3ccccc3[C@@](C)(N3CC=C(C(C)(C)C)C=C3C3=CC(c4ccccc4)=CCC3)N2C1. The van der Waals surface area contributed by atoms with Crippen molar-refractivity contribution < 1.29 is 0 Å². The van der Waals surface area contributed by atoms with Crippen LogP contribution in [0.15, 0.2) is 113 Å². The summed E-state index contributed by atoms with van der Waals surface area (Å²) in [5.74, 6) is 0. The minimum Gasteiger partial charge on any atom is -0.341 e. The maximum atomic E-state index is 2.70. The third-order valence-corrected chi connectivity index (χ3v) is 8.95. The molecule has 0 radical (unpaired) electrons. The maximum Gasteiger partial charge on any atom is 0.138 e. The Bertz CT molecular complexity index is 1450.